The Kier molecular flexibility index (Phi) is 8.70. The first kappa shape index (κ1) is 31.2. The number of hydrogen-bond acceptors (Lipinski definition) is 8. The molecule has 2 aromatic heterocycles. The minimum absolute atomic E-state index is 0.0548. The van der Waals surface area contributed by atoms with Crippen LogP contribution in [0.1, 0.15) is 51.3 Å². The zero-order valence-corrected chi connectivity index (χ0v) is 27.2. The van der Waals surface area contributed by atoms with E-state index in [0.29, 0.717) is 54.6 Å². The quantitative estimate of drug-likeness (QED) is 0.144. The van der Waals surface area contributed by atoms with Crippen LogP contribution < -0.4 is 14.2 Å². The molecule has 48 heavy (non-hydrogen) atoms. The number of esters is 1. The van der Waals surface area contributed by atoms with Gasteiger partial charge in [0, 0.05) is 30.2 Å². The number of aryl methyl sites for hydroxylation is 2. The highest BCUT2D eigenvalue weighted by Gasteiger charge is 2.25. The molecule has 1 saturated heterocycles. The minimum atomic E-state index is -0.443. The number of fused-ring (bicyclic) bond motifs is 7. The third-order valence-corrected chi connectivity index (χ3v) is 9.02. The highest BCUT2D eigenvalue weighted by molar-refractivity contribution is 5.96. The summed E-state index contributed by atoms with van der Waals surface area (Å²) >= 11 is 0. The van der Waals surface area contributed by atoms with Gasteiger partial charge >= 0.3 is 5.97 Å². The molecule has 0 N–H and O–H groups in total. The summed E-state index contributed by atoms with van der Waals surface area (Å²) in [5, 5.41) is 0. The van der Waals surface area contributed by atoms with E-state index >= 15 is 0 Å². The minimum Gasteiger partial charge on any atom is -0.494 e. The van der Waals surface area contributed by atoms with Crippen molar-refractivity contribution in [2.75, 3.05) is 27.4 Å². The van der Waals surface area contributed by atoms with Crippen LogP contribution in [0.3, 0.4) is 0 Å². The Balaban J connectivity index is 1.30. The molecule has 0 saturated carbocycles. The fraction of sp³-hybridized carbons (Fsp3) is 0.316. The molecule has 4 bridgehead atoms. The first-order chi connectivity index (χ1) is 23.4. The summed E-state index contributed by atoms with van der Waals surface area (Å²) in [5.41, 5.74) is 8.31. The largest absolute Gasteiger partial charge is 0.494 e. The van der Waals surface area contributed by atoms with Crippen molar-refractivity contribution in [2.45, 2.75) is 51.9 Å². The van der Waals surface area contributed by atoms with Crippen LogP contribution in [0, 0.1) is 13.5 Å². The number of ether oxygens (including phenoxy) is 5. The molecule has 0 spiro atoms. The lowest BCUT2D eigenvalue weighted by Gasteiger charge is -2.27. The number of pyridine rings is 1. The van der Waals surface area contributed by atoms with Crippen molar-refractivity contribution < 1.29 is 28.5 Å². The number of nitrogens with zero attached hydrogens (tertiary/aromatic N) is 4. The molecule has 10 heteroatoms. The Labute approximate surface area is 279 Å². The number of benzene rings is 3. The fourth-order valence-electron chi connectivity index (χ4n) is 6.37. The maximum Gasteiger partial charge on any atom is 0.338 e. The highest BCUT2D eigenvalue weighted by atomic mass is 16.5. The number of carbonyl (C=O) groups excluding carboxylic acids is 1. The Morgan fingerprint density at radius 2 is 1.92 bits per heavy atom. The Morgan fingerprint density at radius 3 is 2.69 bits per heavy atom. The number of hydrogen-bond donors (Lipinski definition) is 0. The summed E-state index contributed by atoms with van der Waals surface area (Å²) in [6.07, 6.45) is 2.97. The molecule has 7 rings (SSSR count). The van der Waals surface area contributed by atoms with Crippen molar-refractivity contribution in [2.24, 2.45) is 0 Å². The number of carbonyl (C=O) groups is 1. The third-order valence-electron chi connectivity index (χ3n) is 9.02. The monoisotopic (exact) mass is 644 g/mol. The summed E-state index contributed by atoms with van der Waals surface area (Å²) in [7, 11) is 2.94. The molecule has 0 aliphatic carbocycles. The lowest BCUT2D eigenvalue weighted by molar-refractivity contribution is -0.0589. The first-order valence-electron chi connectivity index (χ1n) is 16.1. The predicted octanol–water partition coefficient (Wildman–Crippen LogP) is 7.04. The van der Waals surface area contributed by atoms with Gasteiger partial charge in [-0.05, 0) is 61.6 Å². The van der Waals surface area contributed by atoms with E-state index in [1.165, 1.54) is 7.11 Å². The Morgan fingerprint density at radius 1 is 1.04 bits per heavy atom. The SMILES string of the molecule is [C-]#[N+]c1ccc2c(c1)CCCOc1cc(c(C)cc1Cc1nc3c(OC)cc(C(=O)OC)cc3n1C[C@@H]1CCO1)-c1cccc(n1)OC2. The maximum absolute atomic E-state index is 12.6. The van der Waals surface area contributed by atoms with Crippen molar-refractivity contribution >= 4 is 22.7 Å². The standard InChI is InChI=1S/C38H36N4O6/c1-23-15-26(19-35-41-37-32(42(35)21-29-12-14-46-29)17-27(38(43)45-4)18-34(37)44-3)33-20-30(23)31-8-5-9-36(40-31)48-22-25-10-11-28(39-2)16-24(25)7-6-13-47-33/h5,8-11,15-18,20,29H,6-7,12-14,19,21-22H2,1,3-4H3/t29-/m0/s1. The molecule has 3 aromatic carbocycles. The number of rotatable bonds is 6. The molecule has 0 radical (unpaired) electrons. The van der Waals surface area contributed by atoms with Gasteiger partial charge in [0.1, 0.15) is 29.4 Å². The predicted molar refractivity (Wildman–Crippen MR) is 180 cm³/mol. The molecule has 10 nitrogen and oxygen atoms in total. The molecule has 0 amide bonds. The van der Waals surface area contributed by atoms with Crippen LogP contribution in [-0.4, -0.2) is 54.0 Å². The summed E-state index contributed by atoms with van der Waals surface area (Å²) in [6.45, 7) is 11.7. The molecule has 5 aromatic rings. The van der Waals surface area contributed by atoms with E-state index in [1.807, 2.05) is 42.5 Å². The van der Waals surface area contributed by atoms with E-state index in [4.69, 9.17) is 40.2 Å². The smallest absolute Gasteiger partial charge is 0.338 e. The van der Waals surface area contributed by atoms with Crippen molar-refractivity contribution in [3.05, 3.63) is 106 Å². The second kappa shape index (κ2) is 13.4. The van der Waals surface area contributed by atoms with E-state index in [-0.39, 0.29) is 6.10 Å². The van der Waals surface area contributed by atoms with Gasteiger partial charge in [0.25, 0.3) is 0 Å². The summed E-state index contributed by atoms with van der Waals surface area (Å²) < 4.78 is 31.4. The topological polar surface area (TPSA) is 98.3 Å². The van der Waals surface area contributed by atoms with Crippen LogP contribution in [-0.2, 0) is 35.5 Å². The molecule has 2 aliphatic heterocycles. The summed E-state index contributed by atoms with van der Waals surface area (Å²) in [4.78, 5) is 26.1. The van der Waals surface area contributed by atoms with E-state index in [2.05, 4.69) is 28.5 Å². The lowest BCUT2D eigenvalue weighted by atomic mass is 9.99. The Hall–Kier alpha value is -5.40. The summed E-state index contributed by atoms with van der Waals surface area (Å²) in [5.74, 6) is 2.14. The van der Waals surface area contributed by atoms with Gasteiger partial charge in [-0.1, -0.05) is 35.9 Å². The third kappa shape index (κ3) is 6.17. The normalized spacial score (nSPS) is 15.6. The van der Waals surface area contributed by atoms with Crippen LogP contribution in [0.2, 0.25) is 0 Å². The molecular weight excluding hydrogens is 608 g/mol. The molecule has 0 unspecified atom stereocenters. The Bertz CT molecular complexity index is 2060. The maximum atomic E-state index is 12.6. The van der Waals surface area contributed by atoms with Crippen LogP contribution in [0.5, 0.6) is 17.4 Å². The average Bonchev–Trinajstić information content (AvgIpc) is 3.43. The van der Waals surface area contributed by atoms with Crippen LogP contribution in [0.15, 0.2) is 60.7 Å². The van der Waals surface area contributed by atoms with Crippen LogP contribution in [0.25, 0.3) is 27.1 Å². The van der Waals surface area contributed by atoms with Gasteiger partial charge in [-0.2, -0.15) is 0 Å². The van der Waals surface area contributed by atoms with E-state index < -0.39 is 5.97 Å². The number of methoxy groups -OCH3 is 2. The van der Waals surface area contributed by atoms with Crippen molar-refractivity contribution in [3.63, 3.8) is 0 Å². The van der Waals surface area contributed by atoms with Crippen molar-refractivity contribution in [1.82, 2.24) is 14.5 Å². The second-order valence-electron chi connectivity index (χ2n) is 12.1. The fourth-order valence-corrected chi connectivity index (χ4v) is 6.37. The zero-order valence-electron chi connectivity index (χ0n) is 27.2. The number of aromatic nitrogens is 3. The molecular formula is C38H36N4O6. The summed E-state index contributed by atoms with van der Waals surface area (Å²) in [6, 6.07) is 19.2. The molecule has 1 fully saturated rings. The van der Waals surface area contributed by atoms with E-state index in [1.54, 1.807) is 13.2 Å². The van der Waals surface area contributed by atoms with Crippen molar-refractivity contribution in [3.8, 4) is 28.6 Å². The zero-order chi connectivity index (χ0) is 33.2. The van der Waals surface area contributed by atoms with Gasteiger partial charge in [0.05, 0.1) is 56.8 Å². The van der Waals surface area contributed by atoms with Crippen LogP contribution in [0.4, 0.5) is 5.69 Å². The average molecular weight is 645 g/mol. The number of imidazole rings is 1. The van der Waals surface area contributed by atoms with Crippen LogP contribution >= 0.6 is 0 Å². The van der Waals surface area contributed by atoms with Gasteiger partial charge in [-0.3, -0.25) is 0 Å². The van der Waals surface area contributed by atoms with Gasteiger partial charge in [-0.15, -0.1) is 0 Å². The van der Waals surface area contributed by atoms with E-state index in [0.717, 1.165) is 76.5 Å². The van der Waals surface area contributed by atoms with Gasteiger partial charge in [0.15, 0.2) is 5.69 Å². The van der Waals surface area contributed by atoms with Gasteiger partial charge in [0.2, 0.25) is 5.88 Å². The molecule has 4 heterocycles. The van der Waals surface area contributed by atoms with Gasteiger partial charge < -0.3 is 28.3 Å². The second-order valence-corrected chi connectivity index (χ2v) is 12.1. The van der Waals surface area contributed by atoms with E-state index in [9.17, 15) is 4.79 Å². The first-order valence-corrected chi connectivity index (χ1v) is 16.1. The molecule has 244 valence electrons. The highest BCUT2D eigenvalue weighted by Crippen LogP contribution is 2.35. The lowest BCUT2D eigenvalue weighted by Crippen LogP contribution is -2.31. The van der Waals surface area contributed by atoms with Crippen molar-refractivity contribution in [1.29, 1.82) is 0 Å². The molecule has 2 aliphatic rings. The molecule has 1 atom stereocenters. The van der Waals surface area contributed by atoms with Gasteiger partial charge in [-0.25, -0.2) is 19.6 Å².